The van der Waals surface area contributed by atoms with Crippen LogP contribution >= 0.6 is 0 Å². The van der Waals surface area contributed by atoms with E-state index in [9.17, 15) is 26.3 Å². The van der Waals surface area contributed by atoms with Crippen LogP contribution in [0.2, 0.25) is 0 Å². The molecule has 8 heteroatoms. The quantitative estimate of drug-likeness (QED) is 0.371. The number of hydrogen-bond acceptors (Lipinski definition) is 2. The fourth-order valence-electron chi connectivity index (χ4n) is 2.95. The molecular weight excluding hydrogens is 394 g/mol. The third kappa shape index (κ3) is 7.03. The molecule has 0 saturated carbocycles. The van der Waals surface area contributed by atoms with E-state index in [0.717, 1.165) is 56.5 Å². The Morgan fingerprint density at radius 1 is 0.793 bits per heavy atom. The highest BCUT2D eigenvalue weighted by Gasteiger charge is 2.35. The van der Waals surface area contributed by atoms with E-state index in [1.165, 1.54) is 12.1 Å². The molecule has 160 valence electrons. The minimum absolute atomic E-state index is 0.0117. The molecule has 1 N–H and O–H groups in total. The predicted molar refractivity (Wildman–Crippen MR) is 100 cm³/mol. The van der Waals surface area contributed by atoms with Crippen LogP contribution in [0.4, 0.5) is 26.3 Å². The van der Waals surface area contributed by atoms with Crippen LogP contribution in [0.3, 0.4) is 0 Å². The summed E-state index contributed by atoms with van der Waals surface area (Å²) in [5.74, 6) is 0. The highest BCUT2D eigenvalue weighted by atomic mass is 19.4. The van der Waals surface area contributed by atoms with Gasteiger partial charge < -0.3 is 5.32 Å². The number of alkyl halides is 6. The van der Waals surface area contributed by atoms with Gasteiger partial charge in [-0.15, -0.1) is 0 Å². The van der Waals surface area contributed by atoms with Gasteiger partial charge in [-0.1, -0.05) is 44.4 Å². The number of rotatable bonds is 9. The van der Waals surface area contributed by atoms with Crippen LogP contribution in [-0.2, 0) is 18.8 Å². The Morgan fingerprint density at radius 2 is 1.48 bits per heavy atom. The van der Waals surface area contributed by atoms with Gasteiger partial charge in [0, 0.05) is 5.56 Å². The number of pyridine rings is 1. The number of nitrogens with zero attached hydrogens (tertiary/aromatic N) is 1. The van der Waals surface area contributed by atoms with Gasteiger partial charge in [-0.05, 0) is 49.7 Å². The fraction of sp³-hybridized carbons (Fsp3) is 0.476. The fourth-order valence-corrected chi connectivity index (χ4v) is 2.95. The Kier molecular flexibility index (Phi) is 8.07. The molecule has 0 bridgehead atoms. The van der Waals surface area contributed by atoms with Gasteiger partial charge in [-0.3, -0.25) is 0 Å². The van der Waals surface area contributed by atoms with Crippen LogP contribution in [0.1, 0.15) is 49.4 Å². The first-order valence-corrected chi connectivity index (χ1v) is 9.58. The number of aromatic nitrogens is 1. The lowest BCUT2D eigenvalue weighted by molar-refractivity contribution is -0.141. The van der Waals surface area contributed by atoms with Crippen molar-refractivity contribution in [3.63, 3.8) is 0 Å². The molecule has 0 unspecified atom stereocenters. The Hall–Kier alpha value is -2.09. The zero-order chi connectivity index (χ0) is 21.5. The number of hydrogen-bond donors (Lipinski definition) is 1. The molecule has 2 nitrogen and oxygen atoms in total. The number of nitrogens with one attached hydrogen (secondary N) is 1. The van der Waals surface area contributed by atoms with E-state index in [4.69, 9.17) is 0 Å². The van der Waals surface area contributed by atoms with Gasteiger partial charge in [0.25, 0.3) is 0 Å². The molecule has 1 aromatic heterocycles. The Morgan fingerprint density at radius 3 is 2.07 bits per heavy atom. The van der Waals surface area contributed by atoms with Crippen LogP contribution < -0.4 is 5.32 Å². The first-order chi connectivity index (χ1) is 13.6. The van der Waals surface area contributed by atoms with E-state index in [1.54, 1.807) is 0 Å². The van der Waals surface area contributed by atoms with E-state index < -0.39 is 23.6 Å². The zero-order valence-electron chi connectivity index (χ0n) is 16.1. The average Bonchev–Trinajstić information content (AvgIpc) is 2.66. The highest BCUT2D eigenvalue weighted by Crippen LogP contribution is 2.34. The molecule has 0 aliphatic rings. The third-order valence-corrected chi connectivity index (χ3v) is 4.53. The van der Waals surface area contributed by atoms with Crippen molar-refractivity contribution in [1.82, 2.24) is 10.3 Å². The second kappa shape index (κ2) is 10.1. The molecular formula is C21H24F6N2. The lowest BCUT2D eigenvalue weighted by Gasteiger charge is -2.14. The van der Waals surface area contributed by atoms with E-state index in [-0.39, 0.29) is 23.2 Å². The molecule has 29 heavy (non-hydrogen) atoms. The summed E-state index contributed by atoms with van der Waals surface area (Å²) in [5.41, 5.74) is -1.61. The van der Waals surface area contributed by atoms with Gasteiger partial charge in [0.05, 0.1) is 11.3 Å². The predicted octanol–water partition coefficient (Wildman–Crippen LogP) is 6.50. The van der Waals surface area contributed by atoms with Crippen LogP contribution in [0.5, 0.6) is 0 Å². The minimum Gasteiger partial charge on any atom is -0.316 e. The van der Waals surface area contributed by atoms with Crippen molar-refractivity contribution in [3.05, 3.63) is 53.2 Å². The van der Waals surface area contributed by atoms with Crippen LogP contribution in [0, 0.1) is 0 Å². The summed E-state index contributed by atoms with van der Waals surface area (Å²) >= 11 is 0. The summed E-state index contributed by atoms with van der Waals surface area (Å²) in [5, 5.41) is 3.14. The summed E-state index contributed by atoms with van der Waals surface area (Å²) in [6.45, 7) is 3.25. The molecule has 0 atom stereocenters. The normalized spacial score (nSPS) is 12.4. The summed E-state index contributed by atoms with van der Waals surface area (Å²) < 4.78 is 78.3. The van der Waals surface area contributed by atoms with Crippen molar-refractivity contribution >= 4 is 0 Å². The van der Waals surface area contributed by atoms with E-state index in [1.807, 2.05) is 0 Å². The van der Waals surface area contributed by atoms with Crippen LogP contribution in [0.25, 0.3) is 11.3 Å². The molecule has 1 heterocycles. The van der Waals surface area contributed by atoms with Crippen molar-refractivity contribution in [1.29, 1.82) is 0 Å². The highest BCUT2D eigenvalue weighted by molar-refractivity contribution is 5.60. The molecule has 0 spiro atoms. The number of benzene rings is 1. The molecule has 0 aliphatic heterocycles. The van der Waals surface area contributed by atoms with Crippen LogP contribution in [-0.4, -0.2) is 18.1 Å². The molecule has 0 radical (unpaired) electrons. The Balaban J connectivity index is 2.11. The maximum absolute atomic E-state index is 13.4. The number of halogens is 6. The summed E-state index contributed by atoms with van der Waals surface area (Å²) in [6.07, 6.45) is -4.66. The monoisotopic (exact) mass is 418 g/mol. The first-order valence-electron chi connectivity index (χ1n) is 9.58. The lowest BCUT2D eigenvalue weighted by Crippen LogP contribution is -2.21. The van der Waals surface area contributed by atoms with Crippen molar-refractivity contribution in [2.45, 2.75) is 51.4 Å². The van der Waals surface area contributed by atoms with Gasteiger partial charge in [0.2, 0.25) is 0 Å². The minimum atomic E-state index is -4.64. The summed E-state index contributed by atoms with van der Waals surface area (Å²) in [6, 6.07) is 6.68. The Bertz CT molecular complexity index is 766. The van der Waals surface area contributed by atoms with Gasteiger partial charge in [-0.25, -0.2) is 4.98 Å². The maximum atomic E-state index is 13.4. The van der Waals surface area contributed by atoms with Gasteiger partial charge in [0.1, 0.15) is 5.69 Å². The van der Waals surface area contributed by atoms with Crippen LogP contribution in [0.15, 0.2) is 36.4 Å². The topological polar surface area (TPSA) is 24.9 Å². The molecule has 0 amide bonds. The van der Waals surface area contributed by atoms with E-state index >= 15 is 0 Å². The standard InChI is InChI=1S/C21H24F6N2/c1-2-3-4-5-13-28-14-12-16-8-11-18(29-19(16)21(25,26)27)15-6-9-17(10-7-15)20(22,23)24/h6-11,28H,2-5,12-14H2,1H3. The van der Waals surface area contributed by atoms with Crippen molar-refractivity contribution in [2.24, 2.45) is 0 Å². The molecule has 0 aliphatic carbocycles. The second-order valence-electron chi connectivity index (χ2n) is 6.84. The van der Waals surface area contributed by atoms with Crippen molar-refractivity contribution in [2.75, 3.05) is 13.1 Å². The van der Waals surface area contributed by atoms with Gasteiger partial charge in [-0.2, -0.15) is 26.3 Å². The average molecular weight is 418 g/mol. The maximum Gasteiger partial charge on any atom is 0.433 e. The summed E-state index contributed by atoms with van der Waals surface area (Å²) in [7, 11) is 0. The molecule has 2 rings (SSSR count). The van der Waals surface area contributed by atoms with Crippen molar-refractivity contribution < 1.29 is 26.3 Å². The van der Waals surface area contributed by atoms with E-state index in [2.05, 4.69) is 17.2 Å². The molecule has 0 fully saturated rings. The number of unbranched alkanes of at least 4 members (excludes halogenated alkanes) is 3. The smallest absolute Gasteiger partial charge is 0.316 e. The molecule has 0 saturated heterocycles. The summed E-state index contributed by atoms with van der Waals surface area (Å²) in [4.78, 5) is 3.71. The van der Waals surface area contributed by atoms with E-state index in [0.29, 0.717) is 6.54 Å². The second-order valence-corrected chi connectivity index (χ2v) is 6.84. The SMILES string of the molecule is CCCCCCNCCc1ccc(-c2ccc(C(F)(F)F)cc2)nc1C(F)(F)F. The third-order valence-electron chi connectivity index (χ3n) is 4.53. The largest absolute Gasteiger partial charge is 0.433 e. The first kappa shape index (κ1) is 23.2. The molecule has 1 aromatic carbocycles. The van der Waals surface area contributed by atoms with Crippen molar-refractivity contribution in [3.8, 4) is 11.3 Å². The van der Waals surface area contributed by atoms with Gasteiger partial charge >= 0.3 is 12.4 Å². The zero-order valence-corrected chi connectivity index (χ0v) is 16.1. The lowest BCUT2D eigenvalue weighted by atomic mass is 10.0. The Labute approximate surface area is 166 Å². The molecule has 2 aromatic rings. The van der Waals surface area contributed by atoms with Gasteiger partial charge in [0.15, 0.2) is 0 Å².